The molecule has 1 aliphatic heterocycles. The van der Waals surface area contributed by atoms with Gasteiger partial charge in [-0.1, -0.05) is 6.92 Å². The van der Waals surface area contributed by atoms with E-state index in [1.807, 2.05) is 0 Å². The van der Waals surface area contributed by atoms with Gasteiger partial charge in [0.25, 0.3) is 0 Å². The summed E-state index contributed by atoms with van der Waals surface area (Å²) in [6.45, 7) is 7.75. The highest BCUT2D eigenvalue weighted by Gasteiger charge is 2.28. The number of rotatable bonds is 0. The molecule has 0 spiro atoms. The normalized spacial score (nSPS) is 35.6. The van der Waals surface area contributed by atoms with Crippen molar-refractivity contribution in [3.63, 3.8) is 0 Å². The molecule has 0 bridgehead atoms. The van der Waals surface area contributed by atoms with E-state index in [9.17, 15) is 0 Å². The van der Waals surface area contributed by atoms with Crippen molar-refractivity contribution in [2.75, 3.05) is 6.54 Å². The average Bonchev–Trinajstić information content (AvgIpc) is 1.82. The molecule has 0 aliphatic carbocycles. The monoisotopic (exact) mass is 112 g/mol. The maximum atomic E-state index is 4.45. The average molecular weight is 112 g/mol. The van der Waals surface area contributed by atoms with Gasteiger partial charge < -0.3 is 0 Å². The molecule has 0 saturated carbocycles. The first-order valence-electron chi connectivity index (χ1n) is 3.29. The Kier molecular flexibility index (Phi) is 1.31. The molecule has 0 amide bonds. The van der Waals surface area contributed by atoms with Crippen LogP contribution in [-0.4, -0.2) is 12.1 Å². The third-order valence-electron chi connectivity index (χ3n) is 1.68. The van der Waals surface area contributed by atoms with E-state index in [0.717, 1.165) is 12.5 Å². The first-order valence-corrected chi connectivity index (χ1v) is 3.29. The molecule has 8 heavy (non-hydrogen) atoms. The van der Waals surface area contributed by atoms with Crippen molar-refractivity contribution in [3.05, 3.63) is 0 Å². The van der Waals surface area contributed by atoms with Crippen LogP contribution in [0.5, 0.6) is 0 Å². The number of hydrogen-bond acceptors (Lipinski definition) is 0. The van der Waals surface area contributed by atoms with Gasteiger partial charge in [0.05, 0.1) is 0 Å². The summed E-state index contributed by atoms with van der Waals surface area (Å²) in [5.41, 5.74) is 0.291. The molecule has 1 heteroatoms. The SMILES string of the molecule is C[C@@H]1C[N]C(C)(C)C1. The van der Waals surface area contributed by atoms with Crippen molar-refractivity contribution < 1.29 is 0 Å². The minimum absolute atomic E-state index is 0.291. The number of nitrogens with zero attached hydrogens (tertiary/aromatic N) is 1. The van der Waals surface area contributed by atoms with Gasteiger partial charge in [-0.05, 0) is 26.2 Å². The zero-order chi connectivity index (χ0) is 6.20. The standard InChI is InChI=1S/C7H14N/c1-6-4-7(2,3)8-5-6/h6H,4-5H2,1-3H3/t6-/m0/s1. The minimum Gasteiger partial charge on any atom is -0.235 e. The van der Waals surface area contributed by atoms with Crippen LogP contribution in [0, 0.1) is 5.92 Å². The second kappa shape index (κ2) is 1.73. The van der Waals surface area contributed by atoms with Gasteiger partial charge in [0.2, 0.25) is 0 Å². The maximum Gasteiger partial charge on any atom is 0.0303 e. The second-order valence-electron chi connectivity index (χ2n) is 3.46. The molecule has 1 aliphatic rings. The Hall–Kier alpha value is -0.0400. The van der Waals surface area contributed by atoms with Crippen LogP contribution < -0.4 is 5.32 Å². The van der Waals surface area contributed by atoms with Crippen LogP contribution in [0.25, 0.3) is 0 Å². The smallest absolute Gasteiger partial charge is 0.0303 e. The molecule has 1 atom stereocenters. The van der Waals surface area contributed by atoms with Gasteiger partial charge in [-0.25, -0.2) is 5.32 Å². The van der Waals surface area contributed by atoms with Gasteiger partial charge in [0.1, 0.15) is 0 Å². The van der Waals surface area contributed by atoms with E-state index in [2.05, 4.69) is 26.1 Å². The van der Waals surface area contributed by atoms with Crippen LogP contribution in [0.15, 0.2) is 0 Å². The van der Waals surface area contributed by atoms with Crippen molar-refractivity contribution in [1.82, 2.24) is 5.32 Å². The molecule has 1 fully saturated rings. The Morgan fingerprint density at radius 1 is 1.50 bits per heavy atom. The highest BCUT2D eigenvalue weighted by molar-refractivity contribution is 4.86. The van der Waals surface area contributed by atoms with E-state index in [-0.39, 0.29) is 0 Å². The zero-order valence-electron chi connectivity index (χ0n) is 5.94. The summed E-state index contributed by atoms with van der Waals surface area (Å²) < 4.78 is 0. The molecule has 1 rings (SSSR count). The molecule has 1 nitrogen and oxygen atoms in total. The third kappa shape index (κ3) is 1.22. The summed E-state index contributed by atoms with van der Waals surface area (Å²) in [5, 5.41) is 4.45. The van der Waals surface area contributed by atoms with Crippen LogP contribution in [0.4, 0.5) is 0 Å². The Bertz CT molecular complexity index is 86.4. The first-order chi connectivity index (χ1) is 3.60. The molecule has 0 aromatic heterocycles. The fourth-order valence-corrected chi connectivity index (χ4v) is 1.38. The van der Waals surface area contributed by atoms with Crippen molar-refractivity contribution in [2.45, 2.75) is 32.7 Å². The molecule has 1 radical (unpaired) electrons. The van der Waals surface area contributed by atoms with Crippen LogP contribution in [0.2, 0.25) is 0 Å². The van der Waals surface area contributed by atoms with E-state index in [4.69, 9.17) is 0 Å². The molecule has 0 N–H and O–H groups in total. The lowest BCUT2D eigenvalue weighted by molar-refractivity contribution is 0.441. The van der Waals surface area contributed by atoms with Crippen molar-refractivity contribution in [3.8, 4) is 0 Å². The van der Waals surface area contributed by atoms with Crippen molar-refractivity contribution in [2.24, 2.45) is 5.92 Å². The Balaban J connectivity index is 2.44. The predicted octanol–water partition coefficient (Wildman–Crippen LogP) is 1.41. The molecular weight excluding hydrogens is 98.1 g/mol. The molecule has 1 saturated heterocycles. The van der Waals surface area contributed by atoms with Gasteiger partial charge in [0.15, 0.2) is 0 Å². The van der Waals surface area contributed by atoms with E-state index >= 15 is 0 Å². The van der Waals surface area contributed by atoms with Crippen LogP contribution in [-0.2, 0) is 0 Å². The lowest BCUT2D eigenvalue weighted by atomic mass is 9.99. The fourth-order valence-electron chi connectivity index (χ4n) is 1.38. The first kappa shape index (κ1) is 6.09. The van der Waals surface area contributed by atoms with Gasteiger partial charge in [-0.2, -0.15) is 0 Å². The summed E-state index contributed by atoms with van der Waals surface area (Å²) in [6, 6.07) is 0. The highest BCUT2D eigenvalue weighted by Crippen LogP contribution is 2.23. The predicted molar refractivity (Wildman–Crippen MR) is 34.9 cm³/mol. The van der Waals surface area contributed by atoms with Crippen molar-refractivity contribution >= 4 is 0 Å². The molecular formula is C7H14N. The largest absolute Gasteiger partial charge is 0.235 e. The topological polar surface area (TPSA) is 14.1 Å². The third-order valence-corrected chi connectivity index (χ3v) is 1.68. The molecule has 0 aromatic carbocycles. The Morgan fingerprint density at radius 2 is 2.12 bits per heavy atom. The number of hydrogen-bond donors (Lipinski definition) is 0. The summed E-state index contributed by atoms with van der Waals surface area (Å²) in [7, 11) is 0. The van der Waals surface area contributed by atoms with Crippen molar-refractivity contribution in [1.29, 1.82) is 0 Å². The van der Waals surface area contributed by atoms with E-state index in [1.54, 1.807) is 0 Å². The van der Waals surface area contributed by atoms with Crippen LogP contribution in [0.1, 0.15) is 27.2 Å². The van der Waals surface area contributed by atoms with E-state index in [0.29, 0.717) is 5.54 Å². The summed E-state index contributed by atoms with van der Waals surface area (Å²) >= 11 is 0. The quantitative estimate of drug-likeness (QED) is 0.450. The minimum atomic E-state index is 0.291. The summed E-state index contributed by atoms with van der Waals surface area (Å²) in [5.74, 6) is 0.824. The van der Waals surface area contributed by atoms with Gasteiger partial charge in [-0.15, -0.1) is 0 Å². The summed E-state index contributed by atoms with van der Waals surface area (Å²) in [4.78, 5) is 0. The van der Waals surface area contributed by atoms with Crippen LogP contribution in [0.3, 0.4) is 0 Å². The molecule has 0 aromatic rings. The molecule has 47 valence electrons. The fraction of sp³-hybridized carbons (Fsp3) is 1.00. The van der Waals surface area contributed by atoms with Gasteiger partial charge in [-0.3, -0.25) is 0 Å². The highest BCUT2D eigenvalue weighted by atomic mass is 15.0. The van der Waals surface area contributed by atoms with E-state index < -0.39 is 0 Å². The lowest BCUT2D eigenvalue weighted by Crippen LogP contribution is -2.24. The Labute approximate surface area is 51.5 Å². The molecule has 0 unspecified atom stereocenters. The lowest BCUT2D eigenvalue weighted by Gasteiger charge is -2.14. The molecule has 1 heterocycles. The second-order valence-corrected chi connectivity index (χ2v) is 3.46. The summed E-state index contributed by atoms with van der Waals surface area (Å²) in [6.07, 6.45) is 1.27. The van der Waals surface area contributed by atoms with Crippen LogP contribution >= 0.6 is 0 Å². The van der Waals surface area contributed by atoms with Gasteiger partial charge >= 0.3 is 0 Å². The Morgan fingerprint density at radius 3 is 2.25 bits per heavy atom. The van der Waals surface area contributed by atoms with Gasteiger partial charge in [0, 0.05) is 12.1 Å². The van der Waals surface area contributed by atoms with E-state index in [1.165, 1.54) is 6.42 Å². The maximum absolute atomic E-state index is 4.45. The zero-order valence-corrected chi connectivity index (χ0v) is 5.94.